The van der Waals surface area contributed by atoms with Gasteiger partial charge >= 0.3 is 0 Å². The molecule has 3 heterocycles. The van der Waals surface area contributed by atoms with E-state index in [1.165, 1.54) is 0 Å². The fraction of sp³-hybridized carbons (Fsp3) is 0.714. The second-order valence-corrected chi connectivity index (χ2v) is 6.02. The maximum absolute atomic E-state index is 14.7. The summed E-state index contributed by atoms with van der Waals surface area (Å²) in [5.41, 5.74) is 0. The molecule has 1 saturated carbocycles. The third kappa shape index (κ3) is 2.00. The molecule has 2 saturated heterocycles. The number of nitrogens with zero attached hydrogens (tertiary/aromatic N) is 3. The highest BCUT2D eigenvalue weighted by Gasteiger charge is 2.47. The Balaban J connectivity index is 1.64. The first kappa shape index (κ1) is 11.6. The highest BCUT2D eigenvalue weighted by Crippen LogP contribution is 2.39. The smallest absolute Gasteiger partial charge is 0.151 e. The molecule has 1 aromatic rings. The molecular weight excluding hydrogens is 243 g/mol. The lowest BCUT2D eigenvalue weighted by molar-refractivity contribution is 0.171. The summed E-state index contributed by atoms with van der Waals surface area (Å²) < 4.78 is 14.7. The first-order valence-corrected chi connectivity index (χ1v) is 7.29. The molecule has 0 radical (unpaired) electrons. The summed E-state index contributed by atoms with van der Waals surface area (Å²) in [6.45, 7) is 0. The number of anilines is 1. The van der Waals surface area contributed by atoms with Crippen LogP contribution in [-0.2, 0) is 0 Å². The van der Waals surface area contributed by atoms with Gasteiger partial charge < -0.3 is 10.2 Å². The molecule has 1 N–H and O–H groups in total. The van der Waals surface area contributed by atoms with E-state index < -0.39 is 6.17 Å². The van der Waals surface area contributed by atoms with Crippen molar-refractivity contribution in [2.45, 2.75) is 62.4 Å². The number of alkyl halides is 1. The van der Waals surface area contributed by atoms with Crippen molar-refractivity contribution in [2.24, 2.45) is 0 Å². The van der Waals surface area contributed by atoms with Gasteiger partial charge in [0.1, 0.15) is 6.17 Å². The number of fused-ring (bicyclic) bond motifs is 2. The number of hydrogen-bond acceptors (Lipinski definition) is 4. The molecule has 2 aliphatic heterocycles. The topological polar surface area (TPSA) is 41.1 Å². The molecule has 3 fully saturated rings. The van der Waals surface area contributed by atoms with Crippen LogP contribution in [-0.4, -0.2) is 40.5 Å². The lowest BCUT2D eigenvalue weighted by Gasteiger charge is -2.40. The van der Waals surface area contributed by atoms with E-state index >= 15 is 0 Å². The Morgan fingerprint density at radius 3 is 2.89 bits per heavy atom. The summed E-state index contributed by atoms with van der Waals surface area (Å²) in [5, 5.41) is 11.6. The van der Waals surface area contributed by atoms with Crippen molar-refractivity contribution >= 4 is 5.82 Å². The van der Waals surface area contributed by atoms with Crippen LogP contribution in [0.1, 0.15) is 32.1 Å². The molecule has 19 heavy (non-hydrogen) atoms. The summed E-state index contributed by atoms with van der Waals surface area (Å²) in [6, 6.07) is 4.82. The van der Waals surface area contributed by atoms with E-state index in [0.717, 1.165) is 37.9 Å². The lowest BCUT2D eigenvalue weighted by Crippen LogP contribution is -2.57. The predicted octanol–water partition coefficient (Wildman–Crippen LogP) is 1.68. The van der Waals surface area contributed by atoms with Crippen LogP contribution in [0.15, 0.2) is 18.3 Å². The summed E-state index contributed by atoms with van der Waals surface area (Å²) in [5.74, 6) is 0.846. The molecule has 4 rings (SSSR count). The third-order valence-electron chi connectivity index (χ3n) is 4.67. The van der Waals surface area contributed by atoms with E-state index in [1.807, 2.05) is 12.1 Å². The molecule has 3 aliphatic rings. The van der Waals surface area contributed by atoms with Gasteiger partial charge in [0.15, 0.2) is 5.82 Å². The maximum atomic E-state index is 14.7. The van der Waals surface area contributed by atoms with E-state index in [2.05, 4.69) is 20.4 Å². The minimum atomic E-state index is -0.790. The van der Waals surface area contributed by atoms with E-state index in [0.29, 0.717) is 12.1 Å². The van der Waals surface area contributed by atoms with Gasteiger partial charge in [0, 0.05) is 24.3 Å². The van der Waals surface area contributed by atoms with Gasteiger partial charge in [0.25, 0.3) is 0 Å². The zero-order chi connectivity index (χ0) is 12.8. The fourth-order valence-corrected chi connectivity index (χ4v) is 3.66. The van der Waals surface area contributed by atoms with Gasteiger partial charge in [0.05, 0.1) is 6.04 Å². The van der Waals surface area contributed by atoms with Crippen LogP contribution < -0.4 is 10.2 Å². The molecule has 102 valence electrons. The number of halogens is 1. The molecule has 0 aromatic carbocycles. The Bertz CT molecular complexity index is 450. The third-order valence-corrected chi connectivity index (χ3v) is 4.67. The maximum Gasteiger partial charge on any atom is 0.151 e. The lowest BCUT2D eigenvalue weighted by atomic mass is 9.96. The molecule has 0 unspecified atom stereocenters. The molecule has 1 aromatic heterocycles. The molecule has 4 nitrogen and oxygen atoms in total. The van der Waals surface area contributed by atoms with Gasteiger partial charge in [-0.2, -0.15) is 5.10 Å². The summed E-state index contributed by atoms with van der Waals surface area (Å²) >= 11 is 0. The number of piperidine rings is 1. The second-order valence-electron chi connectivity index (χ2n) is 6.02. The Morgan fingerprint density at radius 1 is 1.26 bits per heavy atom. The average Bonchev–Trinajstić information content (AvgIpc) is 3.18. The van der Waals surface area contributed by atoms with Crippen molar-refractivity contribution in [1.29, 1.82) is 0 Å². The van der Waals surface area contributed by atoms with Crippen LogP contribution in [0, 0.1) is 0 Å². The minimum absolute atomic E-state index is 0.0250. The number of hydrogen-bond donors (Lipinski definition) is 1. The van der Waals surface area contributed by atoms with Crippen LogP contribution in [0.3, 0.4) is 0 Å². The Morgan fingerprint density at radius 2 is 2.16 bits per heavy atom. The molecule has 0 spiro atoms. The van der Waals surface area contributed by atoms with Crippen molar-refractivity contribution in [3.05, 3.63) is 18.3 Å². The van der Waals surface area contributed by atoms with Crippen LogP contribution >= 0.6 is 0 Å². The number of rotatable bonds is 3. The Labute approximate surface area is 112 Å². The normalized spacial score (nSPS) is 37.3. The van der Waals surface area contributed by atoms with Crippen LogP contribution in [0.25, 0.3) is 0 Å². The zero-order valence-electron chi connectivity index (χ0n) is 10.9. The molecule has 4 atom stereocenters. The van der Waals surface area contributed by atoms with Gasteiger partial charge in [-0.15, -0.1) is 5.10 Å². The van der Waals surface area contributed by atoms with Gasteiger partial charge in [-0.25, -0.2) is 4.39 Å². The summed E-state index contributed by atoms with van der Waals surface area (Å²) in [6.07, 6.45) is 6.17. The van der Waals surface area contributed by atoms with Crippen molar-refractivity contribution in [1.82, 2.24) is 15.5 Å². The zero-order valence-corrected chi connectivity index (χ0v) is 10.9. The van der Waals surface area contributed by atoms with E-state index in [9.17, 15) is 4.39 Å². The van der Waals surface area contributed by atoms with Crippen LogP contribution in [0.2, 0.25) is 0 Å². The molecule has 2 bridgehead atoms. The molecular formula is C14H19FN4. The SMILES string of the molecule is F[C@@H]1[C@H]2CC[C@@H](C[C@@H]1N(c1cccnn1)C1CC1)N2. The largest absolute Gasteiger partial charge is 0.346 e. The standard InChI is InChI=1S/C14H19FN4/c15-14-11-6-3-9(17-11)8-12(14)19(10-4-5-10)13-2-1-7-16-18-13/h1-2,7,9-12,14,17H,3-6,8H2/t9-,11+,12-,14+/m0/s1. The highest BCUT2D eigenvalue weighted by atomic mass is 19.1. The first-order chi connectivity index (χ1) is 9.33. The van der Waals surface area contributed by atoms with E-state index in [-0.39, 0.29) is 12.1 Å². The highest BCUT2D eigenvalue weighted by molar-refractivity contribution is 5.42. The van der Waals surface area contributed by atoms with Crippen molar-refractivity contribution in [2.75, 3.05) is 4.90 Å². The van der Waals surface area contributed by atoms with Crippen molar-refractivity contribution in [3.8, 4) is 0 Å². The Hall–Kier alpha value is -1.23. The molecule has 1 aliphatic carbocycles. The molecule has 5 heteroatoms. The van der Waals surface area contributed by atoms with Gasteiger partial charge in [0.2, 0.25) is 0 Å². The van der Waals surface area contributed by atoms with E-state index in [4.69, 9.17) is 0 Å². The summed E-state index contributed by atoms with van der Waals surface area (Å²) in [4.78, 5) is 2.21. The van der Waals surface area contributed by atoms with Crippen LogP contribution in [0.4, 0.5) is 10.2 Å². The first-order valence-electron chi connectivity index (χ1n) is 7.29. The molecule has 0 amide bonds. The van der Waals surface area contributed by atoms with E-state index in [1.54, 1.807) is 6.20 Å². The predicted molar refractivity (Wildman–Crippen MR) is 70.8 cm³/mol. The number of nitrogens with one attached hydrogen (secondary N) is 1. The monoisotopic (exact) mass is 262 g/mol. The Kier molecular flexibility index (Phi) is 2.69. The average molecular weight is 262 g/mol. The van der Waals surface area contributed by atoms with Gasteiger partial charge in [-0.3, -0.25) is 0 Å². The second kappa shape index (κ2) is 4.40. The van der Waals surface area contributed by atoms with Crippen molar-refractivity contribution < 1.29 is 4.39 Å². The van der Waals surface area contributed by atoms with Gasteiger partial charge in [-0.1, -0.05) is 0 Å². The van der Waals surface area contributed by atoms with Crippen molar-refractivity contribution in [3.63, 3.8) is 0 Å². The van der Waals surface area contributed by atoms with Gasteiger partial charge in [-0.05, 0) is 44.2 Å². The van der Waals surface area contributed by atoms with Crippen LogP contribution in [0.5, 0.6) is 0 Å². The summed E-state index contributed by atoms with van der Waals surface area (Å²) in [7, 11) is 0. The quantitative estimate of drug-likeness (QED) is 0.900. The number of aromatic nitrogens is 2. The fourth-order valence-electron chi connectivity index (χ4n) is 3.66. The minimum Gasteiger partial charge on any atom is -0.346 e.